The second-order valence-corrected chi connectivity index (χ2v) is 6.50. The van der Waals surface area contributed by atoms with Crippen LogP contribution >= 0.6 is 22.9 Å². The van der Waals surface area contributed by atoms with Gasteiger partial charge in [0.2, 0.25) is 0 Å². The van der Waals surface area contributed by atoms with Crippen molar-refractivity contribution < 1.29 is 4.39 Å². The molecule has 108 valence electrons. The number of hydrogen-bond acceptors (Lipinski definition) is 4. The molecule has 0 radical (unpaired) electrons. The maximum absolute atomic E-state index is 13.0. The fourth-order valence-corrected chi connectivity index (χ4v) is 3.30. The Balaban J connectivity index is 2.31. The number of thiophene rings is 1. The van der Waals surface area contributed by atoms with E-state index < -0.39 is 5.82 Å². The maximum atomic E-state index is 13.0. The molecule has 3 rings (SSSR count). The Morgan fingerprint density at radius 3 is 2.81 bits per heavy atom. The summed E-state index contributed by atoms with van der Waals surface area (Å²) in [5, 5.41) is 0.0922. The van der Waals surface area contributed by atoms with Crippen LogP contribution in [0.25, 0.3) is 21.5 Å². The highest BCUT2D eigenvalue weighted by Crippen LogP contribution is 2.34. The summed E-state index contributed by atoms with van der Waals surface area (Å²) >= 11 is 7.37. The van der Waals surface area contributed by atoms with Gasteiger partial charge in [-0.15, -0.1) is 22.9 Å². The van der Waals surface area contributed by atoms with Crippen LogP contribution in [-0.4, -0.2) is 15.0 Å². The Bertz CT molecular complexity index is 870. The number of aromatic nitrogens is 3. The molecule has 0 saturated carbocycles. The van der Waals surface area contributed by atoms with Gasteiger partial charge in [-0.3, -0.25) is 9.78 Å². The van der Waals surface area contributed by atoms with Gasteiger partial charge in [-0.2, -0.15) is 0 Å². The van der Waals surface area contributed by atoms with Crippen molar-refractivity contribution in [2.45, 2.75) is 19.2 Å². The van der Waals surface area contributed by atoms with Gasteiger partial charge in [-0.05, 0) is 26.0 Å². The lowest BCUT2D eigenvalue weighted by Crippen LogP contribution is -2.11. The number of pyridine rings is 1. The number of alkyl halides is 1. The number of nitrogens with one attached hydrogen (secondary N) is 1. The second-order valence-electron chi connectivity index (χ2n) is 4.64. The minimum atomic E-state index is -0.416. The molecule has 1 atom stereocenters. The van der Waals surface area contributed by atoms with Crippen molar-refractivity contribution in [2.24, 2.45) is 0 Å². The number of H-pyrrole nitrogens is 1. The molecule has 0 bridgehead atoms. The molecule has 21 heavy (non-hydrogen) atoms. The zero-order valence-corrected chi connectivity index (χ0v) is 12.8. The van der Waals surface area contributed by atoms with Gasteiger partial charge < -0.3 is 4.98 Å². The summed E-state index contributed by atoms with van der Waals surface area (Å²) in [5.41, 5.74) is 0.990. The molecule has 0 saturated heterocycles. The Hall–Kier alpha value is -1.79. The summed E-state index contributed by atoms with van der Waals surface area (Å²) < 4.78 is 13.0. The lowest BCUT2D eigenvalue weighted by atomic mass is 10.1. The number of halogens is 2. The number of hydrogen-bond donors (Lipinski definition) is 1. The minimum absolute atomic E-state index is 0.257. The van der Waals surface area contributed by atoms with E-state index >= 15 is 0 Å². The number of nitrogens with zero attached hydrogens (tertiary/aromatic N) is 2. The maximum Gasteiger partial charge on any atom is 0.260 e. The monoisotopic (exact) mass is 323 g/mol. The minimum Gasteiger partial charge on any atom is -0.309 e. The standard InChI is InChI=1S/C14H11ClFN3OS/c1-6(15)12-18-13(20)11-10(7(2)21-14(11)19-12)9-4-3-8(16)5-17-9/h3-6H,1-2H3,(H,18,19,20). The lowest BCUT2D eigenvalue weighted by Gasteiger charge is -2.03. The molecule has 0 fully saturated rings. The Kier molecular flexibility index (Phi) is 3.51. The van der Waals surface area contributed by atoms with Crippen LogP contribution in [0.1, 0.15) is 23.0 Å². The van der Waals surface area contributed by atoms with Crippen LogP contribution in [0.15, 0.2) is 23.1 Å². The lowest BCUT2D eigenvalue weighted by molar-refractivity contribution is 0.622. The first-order valence-corrected chi connectivity index (χ1v) is 7.52. The van der Waals surface area contributed by atoms with Crippen molar-refractivity contribution in [3.63, 3.8) is 0 Å². The average Bonchev–Trinajstić information content (AvgIpc) is 2.76. The van der Waals surface area contributed by atoms with Crippen LogP contribution in [0.4, 0.5) is 4.39 Å². The van der Waals surface area contributed by atoms with E-state index in [4.69, 9.17) is 11.6 Å². The van der Waals surface area contributed by atoms with E-state index in [-0.39, 0.29) is 10.9 Å². The van der Waals surface area contributed by atoms with E-state index in [9.17, 15) is 9.18 Å². The van der Waals surface area contributed by atoms with Crippen LogP contribution in [-0.2, 0) is 0 Å². The Labute approximate surface area is 128 Å². The van der Waals surface area contributed by atoms with Gasteiger partial charge in [-0.1, -0.05) is 0 Å². The Morgan fingerprint density at radius 2 is 2.19 bits per heavy atom. The summed E-state index contributed by atoms with van der Waals surface area (Å²) in [5.74, 6) is 0.0234. The van der Waals surface area contributed by atoms with Crippen LogP contribution in [0, 0.1) is 12.7 Å². The van der Waals surface area contributed by atoms with Gasteiger partial charge in [0, 0.05) is 10.4 Å². The summed E-state index contributed by atoms with van der Waals surface area (Å²) in [6.07, 6.45) is 1.13. The molecular weight excluding hydrogens is 313 g/mol. The molecule has 0 amide bonds. The zero-order chi connectivity index (χ0) is 15.1. The van der Waals surface area contributed by atoms with Crippen LogP contribution in [0.5, 0.6) is 0 Å². The molecule has 3 heterocycles. The predicted molar refractivity (Wildman–Crippen MR) is 82.4 cm³/mol. The Morgan fingerprint density at radius 1 is 1.43 bits per heavy atom. The van der Waals surface area contributed by atoms with Crippen LogP contribution < -0.4 is 5.56 Å². The van der Waals surface area contributed by atoms with Gasteiger partial charge >= 0.3 is 0 Å². The van der Waals surface area contributed by atoms with E-state index in [1.165, 1.54) is 17.4 Å². The third kappa shape index (κ3) is 2.45. The highest BCUT2D eigenvalue weighted by atomic mass is 35.5. The summed E-state index contributed by atoms with van der Waals surface area (Å²) in [6, 6.07) is 2.88. The zero-order valence-electron chi connectivity index (χ0n) is 11.3. The fraction of sp³-hybridized carbons (Fsp3) is 0.214. The highest BCUT2D eigenvalue weighted by Gasteiger charge is 2.18. The van der Waals surface area contributed by atoms with Gasteiger partial charge in [0.25, 0.3) is 5.56 Å². The molecule has 3 aromatic rings. The van der Waals surface area contributed by atoms with E-state index in [1.54, 1.807) is 13.0 Å². The molecule has 1 N–H and O–H groups in total. The first-order chi connectivity index (χ1) is 9.97. The van der Waals surface area contributed by atoms with E-state index in [1.807, 2.05) is 6.92 Å². The third-order valence-electron chi connectivity index (χ3n) is 3.12. The molecule has 0 spiro atoms. The predicted octanol–water partition coefficient (Wildman–Crippen LogP) is 3.79. The first-order valence-electron chi connectivity index (χ1n) is 6.26. The smallest absolute Gasteiger partial charge is 0.260 e. The van der Waals surface area contributed by atoms with Crippen molar-refractivity contribution in [3.8, 4) is 11.3 Å². The van der Waals surface area contributed by atoms with Gasteiger partial charge in [0.05, 0.1) is 22.7 Å². The molecule has 4 nitrogen and oxygen atoms in total. The van der Waals surface area contributed by atoms with Gasteiger partial charge in [-0.25, -0.2) is 9.37 Å². The molecule has 7 heteroatoms. The first kappa shape index (κ1) is 14.2. The molecule has 0 aliphatic carbocycles. The van der Waals surface area contributed by atoms with Crippen molar-refractivity contribution in [2.75, 3.05) is 0 Å². The van der Waals surface area contributed by atoms with Crippen molar-refractivity contribution in [3.05, 3.63) is 45.2 Å². The van der Waals surface area contributed by atoms with Gasteiger partial charge in [0.15, 0.2) is 0 Å². The molecule has 3 aromatic heterocycles. The average molecular weight is 324 g/mol. The number of aromatic amines is 1. The molecule has 1 unspecified atom stereocenters. The quantitative estimate of drug-likeness (QED) is 0.730. The van der Waals surface area contributed by atoms with Crippen LogP contribution in [0.3, 0.4) is 0 Å². The van der Waals surface area contributed by atoms with E-state index in [0.29, 0.717) is 27.3 Å². The highest BCUT2D eigenvalue weighted by molar-refractivity contribution is 7.19. The normalized spacial score (nSPS) is 12.8. The summed E-state index contributed by atoms with van der Waals surface area (Å²) in [4.78, 5) is 25.0. The number of fused-ring (bicyclic) bond motifs is 1. The molecular formula is C14H11ClFN3OS. The third-order valence-corrected chi connectivity index (χ3v) is 4.32. The summed E-state index contributed by atoms with van der Waals surface area (Å²) in [6.45, 7) is 3.63. The number of aryl methyl sites for hydroxylation is 1. The topological polar surface area (TPSA) is 58.6 Å². The largest absolute Gasteiger partial charge is 0.309 e. The summed E-state index contributed by atoms with van der Waals surface area (Å²) in [7, 11) is 0. The SMILES string of the molecule is Cc1sc2nc(C(C)Cl)[nH]c(=O)c2c1-c1ccc(F)cn1. The van der Waals surface area contributed by atoms with E-state index in [2.05, 4.69) is 15.0 Å². The molecule has 0 aliphatic rings. The second kappa shape index (κ2) is 5.20. The van der Waals surface area contributed by atoms with Crippen molar-refractivity contribution in [1.29, 1.82) is 0 Å². The van der Waals surface area contributed by atoms with Crippen LogP contribution in [0.2, 0.25) is 0 Å². The van der Waals surface area contributed by atoms with Crippen molar-refractivity contribution >= 4 is 33.2 Å². The van der Waals surface area contributed by atoms with Gasteiger partial charge in [0.1, 0.15) is 16.5 Å². The number of rotatable bonds is 2. The van der Waals surface area contributed by atoms with E-state index in [0.717, 1.165) is 11.1 Å². The molecule has 0 aliphatic heterocycles. The molecule has 0 aromatic carbocycles. The fourth-order valence-electron chi connectivity index (χ4n) is 2.16. The van der Waals surface area contributed by atoms with Crippen molar-refractivity contribution in [1.82, 2.24) is 15.0 Å².